The maximum atomic E-state index is 14.8. The zero-order valence-corrected chi connectivity index (χ0v) is 18.0. The monoisotopic (exact) mass is 464 g/mol. The van der Waals surface area contributed by atoms with Crippen molar-refractivity contribution in [2.24, 2.45) is 16.5 Å². The Balaban J connectivity index is 2.41. The third kappa shape index (κ3) is 3.60. The van der Waals surface area contributed by atoms with E-state index in [1.165, 1.54) is 26.3 Å². The van der Waals surface area contributed by atoms with Gasteiger partial charge in [-0.15, -0.1) is 0 Å². The average molecular weight is 465 g/mol. The van der Waals surface area contributed by atoms with Crippen LogP contribution in [-0.2, 0) is 15.8 Å². The number of rotatable bonds is 6. The van der Waals surface area contributed by atoms with Gasteiger partial charge < -0.3 is 27.0 Å². The molecule has 3 rings (SSSR count). The minimum absolute atomic E-state index is 0.00166. The van der Waals surface area contributed by atoms with Crippen molar-refractivity contribution in [3.63, 3.8) is 0 Å². The summed E-state index contributed by atoms with van der Waals surface area (Å²) < 4.78 is 34.2. The lowest BCUT2D eigenvalue weighted by atomic mass is 9.81. The Hall–Kier alpha value is -3.08. The molecule has 170 valence electrons. The number of nitrogens with zero attached hydrogens (tertiary/aromatic N) is 2. The highest BCUT2D eigenvalue weighted by Crippen LogP contribution is 2.47. The van der Waals surface area contributed by atoms with E-state index in [0.717, 1.165) is 12.3 Å². The van der Waals surface area contributed by atoms with Crippen molar-refractivity contribution >= 4 is 23.7 Å². The van der Waals surface area contributed by atoms with Crippen LogP contribution in [0.4, 0.5) is 8.78 Å². The molecule has 2 aromatic rings. The molecule has 1 aromatic carbocycles. The molecule has 1 aromatic heterocycles. The Labute approximate surface area is 187 Å². The van der Waals surface area contributed by atoms with Crippen molar-refractivity contribution in [3.8, 4) is 17.0 Å². The SMILES string of the molecule is CN=C/C(=C\[NH-])[C@](O)(CN)c1cc2c(c(-c3cc(Cl)c(F)cc3F)n1)OC[C@]2(C)C(N)=O. The fourth-order valence-corrected chi connectivity index (χ4v) is 3.62. The second-order valence-corrected chi connectivity index (χ2v) is 7.92. The number of carbonyl (C=O) groups excluding carboxylic acids is 1. The average Bonchev–Trinajstić information content (AvgIpc) is 3.11. The van der Waals surface area contributed by atoms with Crippen LogP contribution in [-0.4, -0.2) is 42.4 Å². The number of hydrogen-bond donors (Lipinski definition) is 3. The zero-order chi connectivity index (χ0) is 23.8. The van der Waals surface area contributed by atoms with E-state index in [4.69, 9.17) is 33.5 Å². The molecule has 6 N–H and O–H groups in total. The Morgan fingerprint density at radius 3 is 2.69 bits per heavy atom. The normalized spacial score (nSPS) is 20.2. The number of aliphatic hydroxyl groups is 1. The van der Waals surface area contributed by atoms with Gasteiger partial charge in [-0.3, -0.25) is 9.79 Å². The standard InChI is InChI=1S/C21H22ClF2N5O3/c1-20(19(27)30)9-32-18-12(20)4-16(21(31,8-26)10(6-25)7-28-2)29-17(18)11-3-13(22)15(24)5-14(11)23/h3-7,31H,8-9,26H2,1-2H3,(H4,25,27,28,30)/p-1/t20-,21+/m0/s1. The smallest absolute Gasteiger partial charge is 0.231 e. The van der Waals surface area contributed by atoms with Crippen LogP contribution in [0.3, 0.4) is 0 Å². The van der Waals surface area contributed by atoms with Gasteiger partial charge in [-0.2, -0.15) is 6.20 Å². The number of primary amides is 1. The summed E-state index contributed by atoms with van der Waals surface area (Å²) in [6, 6.07) is 2.99. The molecule has 1 aliphatic heterocycles. The van der Waals surface area contributed by atoms with Crippen LogP contribution in [0.25, 0.3) is 17.0 Å². The maximum Gasteiger partial charge on any atom is 0.231 e. The highest BCUT2D eigenvalue weighted by Gasteiger charge is 2.46. The summed E-state index contributed by atoms with van der Waals surface area (Å²) in [7, 11) is 1.44. The molecule has 0 radical (unpaired) electrons. The summed E-state index contributed by atoms with van der Waals surface area (Å²) in [5.41, 5.74) is 15.5. The van der Waals surface area contributed by atoms with Gasteiger partial charge in [0.15, 0.2) is 0 Å². The number of amides is 1. The van der Waals surface area contributed by atoms with E-state index in [1.807, 2.05) is 0 Å². The summed E-state index contributed by atoms with van der Waals surface area (Å²) >= 11 is 5.86. The number of aromatic nitrogens is 1. The fourth-order valence-electron chi connectivity index (χ4n) is 3.46. The fraction of sp³-hybridized carbons (Fsp3) is 0.286. The third-order valence-electron chi connectivity index (χ3n) is 5.50. The molecule has 2 heterocycles. The van der Waals surface area contributed by atoms with Crippen LogP contribution >= 0.6 is 11.6 Å². The number of hydrogen-bond acceptors (Lipinski definition) is 6. The molecule has 32 heavy (non-hydrogen) atoms. The molecule has 0 bridgehead atoms. The second kappa shape index (κ2) is 8.45. The summed E-state index contributed by atoms with van der Waals surface area (Å²) in [5, 5.41) is 11.0. The van der Waals surface area contributed by atoms with Gasteiger partial charge in [-0.05, 0) is 24.6 Å². The van der Waals surface area contributed by atoms with E-state index in [2.05, 4.69) is 9.98 Å². The van der Waals surface area contributed by atoms with Gasteiger partial charge in [0.25, 0.3) is 0 Å². The van der Waals surface area contributed by atoms with E-state index in [1.54, 1.807) is 0 Å². The second-order valence-electron chi connectivity index (χ2n) is 7.52. The zero-order valence-electron chi connectivity index (χ0n) is 17.2. The van der Waals surface area contributed by atoms with Crippen LogP contribution < -0.4 is 16.2 Å². The quantitative estimate of drug-likeness (QED) is 0.444. The number of pyridine rings is 1. The van der Waals surface area contributed by atoms with E-state index >= 15 is 0 Å². The lowest BCUT2D eigenvalue weighted by Gasteiger charge is -2.30. The van der Waals surface area contributed by atoms with E-state index in [9.17, 15) is 18.7 Å². The number of ether oxygens (including phenoxy) is 1. The largest absolute Gasteiger partial charge is 0.705 e. The van der Waals surface area contributed by atoms with Gasteiger partial charge >= 0.3 is 0 Å². The minimum atomic E-state index is -2.02. The third-order valence-corrected chi connectivity index (χ3v) is 5.79. The van der Waals surface area contributed by atoms with Gasteiger partial charge in [0.05, 0.1) is 10.7 Å². The van der Waals surface area contributed by atoms with Crippen molar-refractivity contribution < 1.29 is 23.4 Å². The molecule has 0 aliphatic carbocycles. The molecule has 1 aliphatic rings. The highest BCUT2D eigenvalue weighted by molar-refractivity contribution is 6.31. The topological polar surface area (TPSA) is 148 Å². The first-order valence-corrected chi connectivity index (χ1v) is 9.77. The summed E-state index contributed by atoms with van der Waals surface area (Å²) in [6.45, 7) is 0.944. The van der Waals surface area contributed by atoms with Crippen LogP contribution in [0.1, 0.15) is 18.2 Å². The number of carbonyl (C=O) groups is 1. The molecule has 2 atom stereocenters. The minimum Gasteiger partial charge on any atom is -0.705 e. The number of nitrogens with two attached hydrogens (primary N) is 2. The van der Waals surface area contributed by atoms with Gasteiger partial charge in [0, 0.05) is 37.0 Å². The van der Waals surface area contributed by atoms with Crippen molar-refractivity contribution in [3.05, 3.63) is 63.6 Å². The van der Waals surface area contributed by atoms with Gasteiger partial charge in [0.2, 0.25) is 5.91 Å². The van der Waals surface area contributed by atoms with Gasteiger partial charge in [0.1, 0.15) is 40.7 Å². The molecule has 0 unspecified atom stereocenters. The molecule has 8 nitrogen and oxygen atoms in total. The number of benzene rings is 1. The Bertz CT molecular complexity index is 1160. The molecule has 0 fully saturated rings. The Morgan fingerprint density at radius 1 is 1.44 bits per heavy atom. The molecular weight excluding hydrogens is 444 g/mol. The maximum absolute atomic E-state index is 14.8. The van der Waals surface area contributed by atoms with Crippen molar-refractivity contribution in [1.29, 1.82) is 0 Å². The van der Waals surface area contributed by atoms with Gasteiger partial charge in [-0.1, -0.05) is 11.6 Å². The predicted octanol–water partition coefficient (Wildman–Crippen LogP) is 2.60. The van der Waals surface area contributed by atoms with E-state index in [0.29, 0.717) is 6.07 Å². The van der Waals surface area contributed by atoms with Crippen LogP contribution in [0.15, 0.2) is 35.0 Å². The van der Waals surface area contributed by atoms with Crippen molar-refractivity contribution in [1.82, 2.24) is 4.98 Å². The highest BCUT2D eigenvalue weighted by atomic mass is 35.5. The number of aliphatic imine (C=N–C) groups is 1. The van der Waals surface area contributed by atoms with E-state index in [-0.39, 0.29) is 45.5 Å². The first-order chi connectivity index (χ1) is 15.0. The molecule has 0 spiro atoms. The molecular formula is C21H21ClF2N5O3-. The van der Waals surface area contributed by atoms with Crippen molar-refractivity contribution in [2.45, 2.75) is 17.9 Å². The molecule has 0 saturated heterocycles. The Kier molecular flexibility index (Phi) is 6.23. The predicted molar refractivity (Wildman–Crippen MR) is 116 cm³/mol. The molecule has 11 heteroatoms. The van der Waals surface area contributed by atoms with Gasteiger partial charge in [-0.25, -0.2) is 13.8 Å². The lowest BCUT2D eigenvalue weighted by molar-refractivity contribution is -0.123. The first kappa shape index (κ1) is 23.6. The molecule has 1 amide bonds. The molecule has 0 saturated carbocycles. The number of halogens is 3. The Morgan fingerprint density at radius 2 is 2.12 bits per heavy atom. The summed E-state index contributed by atoms with van der Waals surface area (Å²) in [6.07, 6.45) is 2.08. The van der Waals surface area contributed by atoms with Crippen molar-refractivity contribution in [2.75, 3.05) is 20.2 Å². The number of fused-ring (bicyclic) bond motifs is 1. The van der Waals surface area contributed by atoms with E-state index < -0.39 is 35.1 Å². The summed E-state index contributed by atoms with van der Waals surface area (Å²) in [5.74, 6) is -2.64. The number of nitrogens with one attached hydrogen (secondary N) is 1. The first-order valence-electron chi connectivity index (χ1n) is 9.39. The van der Waals surface area contributed by atoms with Crippen LogP contribution in [0.2, 0.25) is 5.02 Å². The summed E-state index contributed by atoms with van der Waals surface area (Å²) in [4.78, 5) is 20.4. The van der Waals surface area contributed by atoms with Crippen LogP contribution in [0, 0.1) is 11.6 Å². The van der Waals surface area contributed by atoms with Crippen LogP contribution in [0.5, 0.6) is 5.75 Å². The lowest BCUT2D eigenvalue weighted by Crippen LogP contribution is -2.41.